The molecule has 2 aromatic rings. The summed E-state index contributed by atoms with van der Waals surface area (Å²) in [6, 6.07) is 16.2. The molecule has 0 saturated heterocycles. The highest BCUT2D eigenvalue weighted by molar-refractivity contribution is 6.04. The van der Waals surface area contributed by atoms with Gasteiger partial charge in [0.1, 0.15) is 5.76 Å². The van der Waals surface area contributed by atoms with Gasteiger partial charge in [-0.2, -0.15) is 0 Å². The number of aliphatic hydroxyl groups is 1. The highest BCUT2D eigenvalue weighted by Crippen LogP contribution is 2.25. The summed E-state index contributed by atoms with van der Waals surface area (Å²) in [5.41, 5.74) is 11.5. The monoisotopic (exact) mass is 515 g/mol. The maximum absolute atomic E-state index is 10.5. The van der Waals surface area contributed by atoms with Crippen LogP contribution in [0.4, 0.5) is 22.7 Å². The van der Waals surface area contributed by atoms with Crippen molar-refractivity contribution < 1.29 is 5.11 Å². The van der Waals surface area contributed by atoms with Crippen LogP contribution in [0.3, 0.4) is 0 Å². The number of nitrogens with one attached hydrogen (secondary N) is 2. The molecule has 1 unspecified atom stereocenters. The van der Waals surface area contributed by atoms with Crippen molar-refractivity contribution in [3.63, 3.8) is 0 Å². The average Bonchev–Trinajstić information content (AvgIpc) is 3.31. The Labute approximate surface area is 226 Å². The summed E-state index contributed by atoms with van der Waals surface area (Å²) >= 11 is 0. The quantitative estimate of drug-likeness (QED) is 0.304. The van der Waals surface area contributed by atoms with Crippen molar-refractivity contribution in [1.29, 1.82) is 0 Å². The van der Waals surface area contributed by atoms with E-state index in [9.17, 15) is 5.11 Å². The molecule has 0 aromatic heterocycles. The van der Waals surface area contributed by atoms with Gasteiger partial charge in [-0.15, -0.1) is 0 Å². The normalized spacial score (nSPS) is 18.2. The zero-order valence-electron chi connectivity index (χ0n) is 22.9. The molecular formula is C30H41N7O. The molecule has 1 heterocycles. The molecule has 0 amide bonds. The van der Waals surface area contributed by atoms with E-state index in [-0.39, 0.29) is 5.76 Å². The second-order valence-corrected chi connectivity index (χ2v) is 10.1. The summed E-state index contributed by atoms with van der Waals surface area (Å²) < 4.78 is 0. The van der Waals surface area contributed by atoms with E-state index in [0.717, 1.165) is 49.8 Å². The molecular weight excluding hydrogens is 474 g/mol. The van der Waals surface area contributed by atoms with Gasteiger partial charge in [0, 0.05) is 62.2 Å². The average molecular weight is 516 g/mol. The molecule has 1 aliphatic heterocycles. The van der Waals surface area contributed by atoms with Crippen LogP contribution in [-0.4, -0.2) is 66.1 Å². The van der Waals surface area contributed by atoms with Crippen molar-refractivity contribution in [2.75, 3.05) is 48.9 Å². The van der Waals surface area contributed by atoms with Gasteiger partial charge in [0.15, 0.2) is 0 Å². The van der Waals surface area contributed by atoms with E-state index in [1.807, 2.05) is 42.5 Å². The van der Waals surface area contributed by atoms with Gasteiger partial charge < -0.3 is 36.2 Å². The van der Waals surface area contributed by atoms with Gasteiger partial charge in [0.2, 0.25) is 0 Å². The molecule has 0 radical (unpaired) electrons. The minimum atomic E-state index is -0.481. The standard InChI is InChI=1S/C30H41N7O/c1-5-37(22(2)3)26-13-11-25(12-14-26)33-28-20-29(30(38)19-27(28)31)34-24-9-7-23(8-10-24)32-15-6-16-36-18-17-35(4)21-36/h7-14,17-20,22,27,32,34,38H,5-6,15-16,21,31H2,1-4H3. The van der Waals surface area contributed by atoms with Crippen molar-refractivity contribution in [2.24, 2.45) is 10.7 Å². The SMILES string of the molecule is CCN(c1ccc(N=C2C=C(Nc3ccc(NCCCN4C=CN(C)C4)cc3)C(O)=CC2N)cc1)C(C)C. The zero-order valence-corrected chi connectivity index (χ0v) is 22.9. The lowest BCUT2D eigenvalue weighted by molar-refractivity contribution is 0.296. The molecule has 1 atom stereocenters. The van der Waals surface area contributed by atoms with Gasteiger partial charge in [0.05, 0.1) is 29.8 Å². The van der Waals surface area contributed by atoms with E-state index in [1.54, 1.807) is 6.08 Å². The number of aliphatic hydroxyl groups excluding tert-OH is 1. The Morgan fingerprint density at radius 1 is 1.08 bits per heavy atom. The third-order valence-corrected chi connectivity index (χ3v) is 6.70. The lowest BCUT2D eigenvalue weighted by Crippen LogP contribution is -2.31. The Morgan fingerprint density at radius 3 is 2.42 bits per heavy atom. The van der Waals surface area contributed by atoms with Crippen LogP contribution in [0.5, 0.6) is 0 Å². The minimum Gasteiger partial charge on any atom is -0.506 e. The zero-order chi connectivity index (χ0) is 27.1. The van der Waals surface area contributed by atoms with Gasteiger partial charge >= 0.3 is 0 Å². The van der Waals surface area contributed by atoms with Crippen LogP contribution in [0, 0.1) is 0 Å². The van der Waals surface area contributed by atoms with Gasteiger partial charge in [-0.25, -0.2) is 0 Å². The number of nitrogens with two attached hydrogens (primary N) is 1. The van der Waals surface area contributed by atoms with E-state index >= 15 is 0 Å². The first-order valence-electron chi connectivity index (χ1n) is 13.4. The van der Waals surface area contributed by atoms with Crippen LogP contribution >= 0.6 is 0 Å². The van der Waals surface area contributed by atoms with Crippen LogP contribution in [0.2, 0.25) is 0 Å². The molecule has 0 fully saturated rings. The third kappa shape index (κ3) is 7.10. The van der Waals surface area contributed by atoms with E-state index in [4.69, 9.17) is 10.7 Å². The summed E-state index contributed by atoms with van der Waals surface area (Å²) in [5, 5.41) is 17.3. The molecule has 8 nitrogen and oxygen atoms in total. The fraction of sp³-hybridized carbons (Fsp3) is 0.367. The van der Waals surface area contributed by atoms with Crippen LogP contribution < -0.4 is 21.3 Å². The Bertz CT molecular complexity index is 1180. The molecule has 2 aromatic carbocycles. The Morgan fingerprint density at radius 2 is 1.79 bits per heavy atom. The second-order valence-electron chi connectivity index (χ2n) is 10.1. The van der Waals surface area contributed by atoms with Gasteiger partial charge in [-0.3, -0.25) is 4.99 Å². The Kier molecular flexibility index (Phi) is 8.97. The fourth-order valence-corrected chi connectivity index (χ4v) is 4.66. The Balaban J connectivity index is 1.35. The molecule has 5 N–H and O–H groups in total. The summed E-state index contributed by atoms with van der Waals surface area (Å²) in [7, 11) is 2.08. The van der Waals surface area contributed by atoms with Crippen LogP contribution in [0.1, 0.15) is 27.2 Å². The second kappa shape index (κ2) is 12.6. The number of aliphatic imine (C=N–C) groups is 1. The van der Waals surface area contributed by atoms with Crippen LogP contribution in [0.25, 0.3) is 0 Å². The van der Waals surface area contributed by atoms with Gasteiger partial charge in [0.25, 0.3) is 0 Å². The van der Waals surface area contributed by atoms with E-state index in [0.29, 0.717) is 17.5 Å². The number of anilines is 3. The van der Waals surface area contributed by atoms with Crippen molar-refractivity contribution in [2.45, 2.75) is 39.3 Å². The number of benzene rings is 2. The molecule has 8 heteroatoms. The molecule has 202 valence electrons. The largest absolute Gasteiger partial charge is 0.506 e. The van der Waals surface area contributed by atoms with E-state index in [1.165, 1.54) is 5.69 Å². The highest BCUT2D eigenvalue weighted by atomic mass is 16.3. The minimum absolute atomic E-state index is 0.117. The number of hydrogen-bond donors (Lipinski definition) is 4. The maximum atomic E-state index is 10.5. The first-order chi connectivity index (χ1) is 18.3. The van der Waals surface area contributed by atoms with Crippen molar-refractivity contribution in [1.82, 2.24) is 9.80 Å². The molecule has 2 aliphatic rings. The predicted molar refractivity (Wildman–Crippen MR) is 160 cm³/mol. The van der Waals surface area contributed by atoms with Crippen molar-refractivity contribution in [3.05, 3.63) is 84.5 Å². The highest BCUT2D eigenvalue weighted by Gasteiger charge is 2.18. The van der Waals surface area contributed by atoms with Crippen molar-refractivity contribution >= 4 is 28.5 Å². The third-order valence-electron chi connectivity index (χ3n) is 6.70. The first-order valence-corrected chi connectivity index (χ1v) is 13.4. The van der Waals surface area contributed by atoms with Gasteiger partial charge in [-0.05, 0) is 87.9 Å². The summed E-state index contributed by atoms with van der Waals surface area (Å²) in [6.07, 6.45) is 8.73. The Hall–Kier alpha value is -3.91. The molecule has 0 bridgehead atoms. The molecule has 1 aliphatic carbocycles. The molecule has 0 saturated carbocycles. The van der Waals surface area contributed by atoms with Crippen LogP contribution in [-0.2, 0) is 0 Å². The summed E-state index contributed by atoms with van der Waals surface area (Å²) in [6.45, 7) is 10.4. The predicted octanol–water partition coefficient (Wildman–Crippen LogP) is 5.25. The van der Waals surface area contributed by atoms with E-state index < -0.39 is 6.04 Å². The summed E-state index contributed by atoms with van der Waals surface area (Å²) in [4.78, 5) is 11.6. The molecule has 4 rings (SSSR count). The summed E-state index contributed by atoms with van der Waals surface area (Å²) in [5.74, 6) is 0.117. The molecule has 38 heavy (non-hydrogen) atoms. The number of nitrogens with zero attached hydrogens (tertiary/aromatic N) is 4. The fourth-order valence-electron chi connectivity index (χ4n) is 4.66. The van der Waals surface area contributed by atoms with Crippen LogP contribution in [0.15, 0.2) is 89.5 Å². The maximum Gasteiger partial charge on any atom is 0.137 e. The lowest BCUT2D eigenvalue weighted by Gasteiger charge is -2.27. The number of rotatable bonds is 11. The smallest absolute Gasteiger partial charge is 0.137 e. The van der Waals surface area contributed by atoms with Crippen molar-refractivity contribution in [3.8, 4) is 0 Å². The van der Waals surface area contributed by atoms with E-state index in [2.05, 4.69) is 77.7 Å². The van der Waals surface area contributed by atoms with Gasteiger partial charge in [-0.1, -0.05) is 0 Å². The number of hydrogen-bond acceptors (Lipinski definition) is 8. The first kappa shape index (κ1) is 27.1. The molecule has 0 spiro atoms. The lowest BCUT2D eigenvalue weighted by atomic mass is 10.0. The topological polar surface area (TPSA) is 92.4 Å².